The molecule has 0 radical (unpaired) electrons. The van der Waals surface area contributed by atoms with E-state index in [1.54, 1.807) is 6.07 Å². The molecule has 1 aliphatic heterocycles. The summed E-state index contributed by atoms with van der Waals surface area (Å²) in [6, 6.07) is 4.26. The van der Waals surface area contributed by atoms with Crippen molar-refractivity contribution in [3.05, 3.63) is 22.2 Å². The fraction of sp³-hybridized carbons (Fsp3) is 0.571. The second-order valence-electron chi connectivity index (χ2n) is 5.11. The van der Waals surface area contributed by atoms with Gasteiger partial charge in [-0.2, -0.15) is 0 Å². The molecule has 1 aromatic rings. The van der Waals surface area contributed by atoms with E-state index >= 15 is 0 Å². The first-order valence-electron chi connectivity index (χ1n) is 6.76. The van der Waals surface area contributed by atoms with E-state index in [2.05, 4.69) is 23.6 Å². The normalized spacial score (nSPS) is 18.6. The molecule has 2 N–H and O–H groups in total. The first-order valence-corrected chi connectivity index (χ1v) is 7.52. The summed E-state index contributed by atoms with van der Waals surface area (Å²) in [5, 5.41) is 1.08. The highest BCUT2D eigenvalue weighted by Crippen LogP contribution is 2.33. The lowest BCUT2D eigenvalue weighted by atomic mass is 10.1. The fourth-order valence-electron chi connectivity index (χ4n) is 2.49. The SMILES string of the molecule is CCC(C)N1CCN(c2cc(Cl)c(Cl)cc2N)CC1. The zero-order valence-electron chi connectivity index (χ0n) is 11.5. The molecule has 1 aromatic carbocycles. The van der Waals surface area contributed by atoms with Gasteiger partial charge in [0.25, 0.3) is 0 Å². The van der Waals surface area contributed by atoms with Crippen LogP contribution in [-0.2, 0) is 0 Å². The van der Waals surface area contributed by atoms with Crippen LogP contribution in [0.5, 0.6) is 0 Å². The van der Waals surface area contributed by atoms with Crippen molar-refractivity contribution < 1.29 is 0 Å². The number of halogens is 2. The summed E-state index contributed by atoms with van der Waals surface area (Å²) in [7, 11) is 0. The molecule has 0 amide bonds. The number of piperazine rings is 1. The van der Waals surface area contributed by atoms with E-state index in [0.29, 0.717) is 21.8 Å². The van der Waals surface area contributed by atoms with E-state index in [0.717, 1.165) is 31.9 Å². The predicted octanol–water partition coefficient (Wildman–Crippen LogP) is 3.50. The largest absolute Gasteiger partial charge is 0.397 e. The van der Waals surface area contributed by atoms with Gasteiger partial charge in [0, 0.05) is 32.2 Å². The third-order valence-electron chi connectivity index (χ3n) is 3.94. The lowest BCUT2D eigenvalue weighted by Gasteiger charge is -2.39. The van der Waals surface area contributed by atoms with Crippen molar-refractivity contribution >= 4 is 34.6 Å². The van der Waals surface area contributed by atoms with Crippen LogP contribution in [0.3, 0.4) is 0 Å². The Kier molecular flexibility index (Phi) is 4.82. The zero-order valence-corrected chi connectivity index (χ0v) is 13.0. The van der Waals surface area contributed by atoms with Gasteiger partial charge in [0.05, 0.1) is 21.4 Å². The molecule has 1 atom stereocenters. The standard InChI is InChI=1S/C14H21Cl2N3/c1-3-10(2)18-4-6-19(7-5-18)14-9-12(16)11(15)8-13(14)17/h8-10H,3-7,17H2,1-2H3. The van der Waals surface area contributed by atoms with Gasteiger partial charge < -0.3 is 10.6 Å². The molecule has 0 aromatic heterocycles. The first kappa shape index (κ1) is 14.8. The van der Waals surface area contributed by atoms with Crippen molar-refractivity contribution in [2.45, 2.75) is 26.3 Å². The maximum Gasteiger partial charge on any atom is 0.0616 e. The molecule has 5 heteroatoms. The Morgan fingerprint density at radius 2 is 1.74 bits per heavy atom. The molecule has 19 heavy (non-hydrogen) atoms. The smallest absolute Gasteiger partial charge is 0.0616 e. The zero-order chi connectivity index (χ0) is 14.0. The lowest BCUT2D eigenvalue weighted by molar-refractivity contribution is 0.193. The second-order valence-corrected chi connectivity index (χ2v) is 5.92. The number of hydrogen-bond acceptors (Lipinski definition) is 3. The maximum atomic E-state index is 6.08. The number of benzene rings is 1. The Morgan fingerprint density at radius 1 is 1.16 bits per heavy atom. The topological polar surface area (TPSA) is 32.5 Å². The van der Waals surface area contributed by atoms with E-state index in [9.17, 15) is 0 Å². The highest BCUT2D eigenvalue weighted by molar-refractivity contribution is 6.42. The molecule has 2 rings (SSSR count). The number of nitrogens with zero attached hydrogens (tertiary/aromatic N) is 2. The van der Waals surface area contributed by atoms with Crippen LogP contribution < -0.4 is 10.6 Å². The van der Waals surface area contributed by atoms with Gasteiger partial charge in [0.2, 0.25) is 0 Å². The fourth-order valence-corrected chi connectivity index (χ4v) is 2.82. The maximum absolute atomic E-state index is 6.08. The van der Waals surface area contributed by atoms with E-state index in [1.165, 1.54) is 6.42 Å². The number of nitrogen functional groups attached to an aromatic ring is 1. The van der Waals surface area contributed by atoms with Crippen molar-refractivity contribution in [1.29, 1.82) is 0 Å². The van der Waals surface area contributed by atoms with Crippen LogP contribution in [-0.4, -0.2) is 37.1 Å². The van der Waals surface area contributed by atoms with Gasteiger partial charge in [-0.1, -0.05) is 30.1 Å². The van der Waals surface area contributed by atoms with Gasteiger partial charge in [0.15, 0.2) is 0 Å². The van der Waals surface area contributed by atoms with Crippen LogP contribution in [0.2, 0.25) is 10.0 Å². The van der Waals surface area contributed by atoms with Crippen molar-refractivity contribution in [3.63, 3.8) is 0 Å². The van der Waals surface area contributed by atoms with Gasteiger partial charge in [-0.05, 0) is 25.5 Å². The molecule has 0 aliphatic carbocycles. The first-order chi connectivity index (χ1) is 9.02. The highest BCUT2D eigenvalue weighted by atomic mass is 35.5. The minimum Gasteiger partial charge on any atom is -0.397 e. The van der Waals surface area contributed by atoms with Crippen molar-refractivity contribution in [2.75, 3.05) is 36.8 Å². The van der Waals surface area contributed by atoms with Gasteiger partial charge in [-0.15, -0.1) is 0 Å². The van der Waals surface area contributed by atoms with E-state index in [1.807, 2.05) is 6.07 Å². The Hall–Kier alpha value is -0.640. The van der Waals surface area contributed by atoms with E-state index in [4.69, 9.17) is 28.9 Å². The molecule has 1 saturated heterocycles. The second kappa shape index (κ2) is 6.21. The Labute approximate surface area is 125 Å². The summed E-state index contributed by atoms with van der Waals surface area (Å²) in [5.41, 5.74) is 7.74. The summed E-state index contributed by atoms with van der Waals surface area (Å²) < 4.78 is 0. The van der Waals surface area contributed by atoms with Crippen LogP contribution in [0, 0.1) is 0 Å². The molecule has 0 bridgehead atoms. The molecule has 106 valence electrons. The van der Waals surface area contributed by atoms with Crippen LogP contribution in [0.1, 0.15) is 20.3 Å². The number of nitrogens with two attached hydrogens (primary N) is 1. The Balaban J connectivity index is 2.07. The number of hydrogen-bond donors (Lipinski definition) is 1. The molecule has 1 fully saturated rings. The van der Waals surface area contributed by atoms with Crippen molar-refractivity contribution in [2.24, 2.45) is 0 Å². The Morgan fingerprint density at radius 3 is 2.32 bits per heavy atom. The van der Waals surface area contributed by atoms with Crippen LogP contribution >= 0.6 is 23.2 Å². The average Bonchev–Trinajstić information content (AvgIpc) is 2.42. The lowest BCUT2D eigenvalue weighted by Crippen LogP contribution is -2.49. The Bertz CT molecular complexity index is 443. The van der Waals surface area contributed by atoms with Crippen LogP contribution in [0.4, 0.5) is 11.4 Å². The average molecular weight is 302 g/mol. The summed E-state index contributed by atoms with van der Waals surface area (Å²) >= 11 is 12.1. The highest BCUT2D eigenvalue weighted by Gasteiger charge is 2.21. The van der Waals surface area contributed by atoms with E-state index in [-0.39, 0.29) is 0 Å². The molecule has 1 unspecified atom stereocenters. The number of rotatable bonds is 3. The molecule has 3 nitrogen and oxygen atoms in total. The summed E-state index contributed by atoms with van der Waals surface area (Å²) in [5.74, 6) is 0. The van der Waals surface area contributed by atoms with Crippen molar-refractivity contribution in [1.82, 2.24) is 4.90 Å². The third kappa shape index (κ3) is 3.28. The van der Waals surface area contributed by atoms with Gasteiger partial charge in [0.1, 0.15) is 0 Å². The quantitative estimate of drug-likeness (QED) is 0.867. The molecule has 1 heterocycles. The molecular weight excluding hydrogens is 281 g/mol. The summed E-state index contributed by atoms with van der Waals surface area (Å²) in [4.78, 5) is 4.81. The van der Waals surface area contributed by atoms with Gasteiger partial charge in [-0.3, -0.25) is 4.90 Å². The molecule has 0 saturated carbocycles. The third-order valence-corrected chi connectivity index (χ3v) is 4.66. The summed E-state index contributed by atoms with van der Waals surface area (Å²) in [6.07, 6.45) is 1.19. The molecule has 1 aliphatic rings. The number of anilines is 2. The van der Waals surface area contributed by atoms with E-state index < -0.39 is 0 Å². The minimum absolute atomic E-state index is 0.515. The summed E-state index contributed by atoms with van der Waals surface area (Å²) in [6.45, 7) is 8.60. The predicted molar refractivity (Wildman–Crippen MR) is 84.4 cm³/mol. The van der Waals surface area contributed by atoms with Crippen molar-refractivity contribution in [3.8, 4) is 0 Å². The van der Waals surface area contributed by atoms with Gasteiger partial charge >= 0.3 is 0 Å². The van der Waals surface area contributed by atoms with Crippen LogP contribution in [0.25, 0.3) is 0 Å². The molecular formula is C14H21Cl2N3. The monoisotopic (exact) mass is 301 g/mol. The minimum atomic E-state index is 0.515. The molecule has 0 spiro atoms. The van der Waals surface area contributed by atoms with Crippen LogP contribution in [0.15, 0.2) is 12.1 Å². The van der Waals surface area contributed by atoms with Gasteiger partial charge in [-0.25, -0.2) is 0 Å².